The van der Waals surface area contributed by atoms with E-state index >= 15 is 0 Å². The van der Waals surface area contributed by atoms with Gasteiger partial charge in [-0.05, 0) is 6.92 Å². The van der Waals surface area contributed by atoms with E-state index in [0.717, 1.165) is 0 Å². The molecule has 0 aliphatic rings. The first kappa shape index (κ1) is 7.78. The number of hydrogen-bond acceptors (Lipinski definition) is 3. The van der Waals surface area contributed by atoms with Crippen LogP contribution >= 0.6 is 0 Å². The minimum Gasteiger partial charge on any atom is -0.478 e. The summed E-state index contributed by atoms with van der Waals surface area (Å²) in [5, 5.41) is 11.3. The van der Waals surface area contributed by atoms with E-state index in [0.29, 0.717) is 12.2 Å². The third-order valence-electron chi connectivity index (χ3n) is 1.26. The minimum absolute atomic E-state index is 0.181. The fraction of sp³-hybridized carbons (Fsp3) is 0.429. The Kier molecular flexibility index (Phi) is 2.25. The molecule has 0 saturated carbocycles. The van der Waals surface area contributed by atoms with E-state index in [2.05, 4.69) is 5.10 Å². The van der Waals surface area contributed by atoms with Crippen molar-refractivity contribution < 1.29 is 4.74 Å². The van der Waals surface area contributed by atoms with Crippen molar-refractivity contribution in [2.24, 2.45) is 7.05 Å². The average Bonchev–Trinajstić information content (AvgIpc) is 2.36. The Morgan fingerprint density at radius 1 is 1.82 bits per heavy atom. The average molecular weight is 153 g/mol. The van der Waals surface area contributed by atoms with Crippen LogP contribution in [-0.2, 0) is 11.8 Å². The van der Waals surface area contributed by atoms with E-state index in [-0.39, 0.29) is 5.90 Å². The second kappa shape index (κ2) is 3.18. The van der Waals surface area contributed by atoms with Crippen LogP contribution in [0, 0.1) is 5.41 Å². The molecule has 0 fully saturated rings. The first-order valence-corrected chi connectivity index (χ1v) is 3.44. The Morgan fingerprint density at radius 3 is 3.00 bits per heavy atom. The van der Waals surface area contributed by atoms with Gasteiger partial charge in [0.15, 0.2) is 0 Å². The van der Waals surface area contributed by atoms with Crippen molar-refractivity contribution in [2.45, 2.75) is 6.92 Å². The van der Waals surface area contributed by atoms with Crippen LogP contribution in [0.3, 0.4) is 0 Å². The van der Waals surface area contributed by atoms with E-state index in [4.69, 9.17) is 10.1 Å². The SMILES string of the molecule is CCOC(=N)c1cnn(C)c1. The number of aryl methyl sites for hydroxylation is 1. The molecule has 0 amide bonds. The molecule has 60 valence electrons. The van der Waals surface area contributed by atoms with Crippen LogP contribution in [0.1, 0.15) is 12.5 Å². The summed E-state index contributed by atoms with van der Waals surface area (Å²) in [5.41, 5.74) is 0.717. The Morgan fingerprint density at radius 2 is 2.55 bits per heavy atom. The van der Waals surface area contributed by atoms with Gasteiger partial charge in [0.05, 0.1) is 18.4 Å². The van der Waals surface area contributed by atoms with Crippen molar-refractivity contribution in [2.75, 3.05) is 6.61 Å². The maximum Gasteiger partial charge on any atom is 0.216 e. The van der Waals surface area contributed by atoms with Crippen LogP contribution in [0.4, 0.5) is 0 Å². The molecule has 1 aromatic heterocycles. The number of aromatic nitrogens is 2. The molecule has 0 saturated heterocycles. The highest BCUT2D eigenvalue weighted by atomic mass is 16.5. The van der Waals surface area contributed by atoms with E-state index in [1.807, 2.05) is 14.0 Å². The van der Waals surface area contributed by atoms with Crippen LogP contribution in [0.5, 0.6) is 0 Å². The van der Waals surface area contributed by atoms with Crippen LogP contribution in [-0.4, -0.2) is 22.3 Å². The molecule has 1 heterocycles. The molecule has 0 unspecified atom stereocenters. The van der Waals surface area contributed by atoms with Crippen molar-refractivity contribution in [3.05, 3.63) is 18.0 Å². The maximum atomic E-state index is 7.37. The molecular weight excluding hydrogens is 142 g/mol. The van der Waals surface area contributed by atoms with Crippen molar-refractivity contribution in [3.8, 4) is 0 Å². The summed E-state index contributed by atoms with van der Waals surface area (Å²) in [4.78, 5) is 0. The lowest BCUT2D eigenvalue weighted by Crippen LogP contribution is -2.02. The third kappa shape index (κ3) is 1.80. The summed E-state index contributed by atoms with van der Waals surface area (Å²) in [6.07, 6.45) is 3.36. The first-order chi connectivity index (χ1) is 5.24. The highest BCUT2D eigenvalue weighted by molar-refractivity contribution is 5.90. The Hall–Kier alpha value is -1.32. The van der Waals surface area contributed by atoms with E-state index in [1.54, 1.807) is 17.1 Å². The zero-order valence-corrected chi connectivity index (χ0v) is 6.66. The highest BCUT2D eigenvalue weighted by Gasteiger charge is 2.02. The van der Waals surface area contributed by atoms with Crippen molar-refractivity contribution >= 4 is 5.90 Å². The van der Waals surface area contributed by atoms with Gasteiger partial charge >= 0.3 is 0 Å². The van der Waals surface area contributed by atoms with Crippen LogP contribution < -0.4 is 0 Å². The molecule has 0 aliphatic heterocycles. The standard InChI is InChI=1S/C7H11N3O/c1-3-11-7(8)6-4-9-10(2)5-6/h4-5,8H,3H2,1-2H3. The lowest BCUT2D eigenvalue weighted by atomic mass is 10.4. The van der Waals surface area contributed by atoms with Crippen molar-refractivity contribution in [1.82, 2.24) is 9.78 Å². The molecule has 0 aliphatic carbocycles. The van der Waals surface area contributed by atoms with Gasteiger partial charge in [0.2, 0.25) is 5.90 Å². The summed E-state index contributed by atoms with van der Waals surface area (Å²) >= 11 is 0. The smallest absolute Gasteiger partial charge is 0.216 e. The van der Waals surface area contributed by atoms with E-state index in [1.165, 1.54) is 0 Å². The molecule has 11 heavy (non-hydrogen) atoms. The molecule has 0 atom stereocenters. The Bertz CT molecular complexity index is 254. The van der Waals surface area contributed by atoms with Gasteiger partial charge in [0.25, 0.3) is 0 Å². The molecule has 0 spiro atoms. The summed E-state index contributed by atoms with van der Waals surface area (Å²) in [5.74, 6) is 0.181. The lowest BCUT2D eigenvalue weighted by molar-refractivity contribution is 0.325. The van der Waals surface area contributed by atoms with Gasteiger partial charge in [-0.1, -0.05) is 0 Å². The maximum absolute atomic E-state index is 7.37. The van der Waals surface area contributed by atoms with Gasteiger partial charge in [-0.25, -0.2) is 0 Å². The van der Waals surface area contributed by atoms with Crippen LogP contribution in [0.15, 0.2) is 12.4 Å². The molecule has 4 nitrogen and oxygen atoms in total. The quantitative estimate of drug-likeness (QED) is 0.504. The molecular formula is C7H11N3O. The molecule has 4 heteroatoms. The van der Waals surface area contributed by atoms with Gasteiger partial charge < -0.3 is 4.74 Å². The minimum atomic E-state index is 0.181. The second-order valence-corrected chi connectivity index (χ2v) is 2.16. The topological polar surface area (TPSA) is 50.9 Å². The molecule has 1 aromatic rings. The number of nitrogens with zero attached hydrogens (tertiary/aromatic N) is 2. The first-order valence-electron chi connectivity index (χ1n) is 3.44. The number of rotatable bonds is 2. The van der Waals surface area contributed by atoms with Crippen molar-refractivity contribution in [1.29, 1.82) is 5.41 Å². The Balaban J connectivity index is 2.69. The molecule has 1 rings (SSSR count). The zero-order valence-electron chi connectivity index (χ0n) is 6.66. The van der Waals surface area contributed by atoms with Gasteiger partial charge in [-0.3, -0.25) is 10.1 Å². The summed E-state index contributed by atoms with van der Waals surface area (Å²) in [6, 6.07) is 0. The second-order valence-electron chi connectivity index (χ2n) is 2.16. The van der Waals surface area contributed by atoms with Crippen LogP contribution in [0.25, 0.3) is 0 Å². The predicted molar refractivity (Wildman–Crippen MR) is 41.7 cm³/mol. The number of ether oxygens (including phenoxy) is 1. The Labute approximate surface area is 65.3 Å². The summed E-state index contributed by atoms with van der Waals surface area (Å²) < 4.78 is 6.61. The monoisotopic (exact) mass is 153 g/mol. The van der Waals surface area contributed by atoms with Crippen molar-refractivity contribution in [3.63, 3.8) is 0 Å². The summed E-state index contributed by atoms with van der Waals surface area (Å²) in [7, 11) is 1.81. The number of nitrogens with one attached hydrogen (secondary N) is 1. The molecule has 0 bridgehead atoms. The van der Waals surface area contributed by atoms with Crippen LogP contribution in [0.2, 0.25) is 0 Å². The zero-order chi connectivity index (χ0) is 8.27. The fourth-order valence-electron chi connectivity index (χ4n) is 0.766. The molecule has 0 aromatic carbocycles. The molecule has 0 radical (unpaired) electrons. The lowest BCUT2D eigenvalue weighted by Gasteiger charge is -1.99. The highest BCUT2D eigenvalue weighted by Crippen LogP contribution is 1.98. The third-order valence-corrected chi connectivity index (χ3v) is 1.26. The summed E-state index contributed by atoms with van der Waals surface area (Å²) in [6.45, 7) is 2.37. The normalized spacial score (nSPS) is 9.64. The molecule has 1 N–H and O–H groups in total. The van der Waals surface area contributed by atoms with Gasteiger partial charge in [-0.15, -0.1) is 0 Å². The fourth-order valence-corrected chi connectivity index (χ4v) is 0.766. The van der Waals surface area contributed by atoms with E-state index in [9.17, 15) is 0 Å². The van der Waals surface area contributed by atoms with E-state index < -0.39 is 0 Å². The largest absolute Gasteiger partial charge is 0.478 e. The van der Waals surface area contributed by atoms with Gasteiger partial charge in [0, 0.05) is 13.2 Å². The van der Waals surface area contributed by atoms with Gasteiger partial charge in [0.1, 0.15) is 0 Å². The number of hydrogen-bond donors (Lipinski definition) is 1. The van der Waals surface area contributed by atoms with Gasteiger partial charge in [-0.2, -0.15) is 5.10 Å². The predicted octanol–water partition coefficient (Wildman–Crippen LogP) is 0.782.